The number of Topliss-reactive ketones (excluding diaryl/α,β-unsaturated/α-hetero) is 1. The highest BCUT2D eigenvalue weighted by molar-refractivity contribution is 9.10. The maximum Gasteiger partial charge on any atom is 0.377 e. The molecule has 0 aliphatic heterocycles. The van der Waals surface area contributed by atoms with Gasteiger partial charge < -0.3 is 5.11 Å². The van der Waals surface area contributed by atoms with Crippen molar-refractivity contribution in [3.8, 4) is 0 Å². The largest absolute Gasteiger partial charge is 0.475 e. The van der Waals surface area contributed by atoms with Gasteiger partial charge in [0.25, 0.3) is 5.78 Å². The Labute approximate surface area is 93.6 Å². The van der Waals surface area contributed by atoms with Gasteiger partial charge in [-0.3, -0.25) is 4.79 Å². The highest BCUT2D eigenvalue weighted by Gasteiger charge is 2.18. The van der Waals surface area contributed by atoms with Crippen LogP contribution in [0, 0.1) is 0 Å². The number of rotatable bonds is 3. The van der Waals surface area contributed by atoms with E-state index in [1.165, 1.54) is 17.8 Å². The normalized spacial score (nSPS) is 9.86. The lowest BCUT2D eigenvalue weighted by atomic mass is 10.1. The van der Waals surface area contributed by atoms with Crippen LogP contribution in [0.25, 0.3) is 0 Å². The Morgan fingerprint density at radius 3 is 2.57 bits per heavy atom. The van der Waals surface area contributed by atoms with Gasteiger partial charge in [-0.1, -0.05) is 15.9 Å². The zero-order chi connectivity index (χ0) is 10.7. The Hall–Kier alpha value is -0.810. The van der Waals surface area contributed by atoms with Crippen LogP contribution in [0.2, 0.25) is 0 Å². The number of hydrogen-bond donors (Lipinski definition) is 1. The van der Waals surface area contributed by atoms with E-state index in [1.807, 2.05) is 0 Å². The van der Waals surface area contributed by atoms with E-state index in [2.05, 4.69) is 15.9 Å². The average Bonchev–Trinajstić information content (AvgIpc) is 2.16. The average molecular weight is 275 g/mol. The van der Waals surface area contributed by atoms with Crippen LogP contribution in [0.3, 0.4) is 0 Å². The second-order valence-corrected chi connectivity index (χ2v) is 4.24. The first kappa shape index (κ1) is 11.3. The molecule has 0 atom stereocenters. The lowest BCUT2D eigenvalue weighted by molar-refractivity contribution is -0.131. The number of thioether (sulfide) groups is 1. The molecule has 3 nitrogen and oxygen atoms in total. The van der Waals surface area contributed by atoms with Gasteiger partial charge >= 0.3 is 5.97 Å². The predicted octanol–water partition coefficient (Wildman–Crippen LogP) is 2.44. The van der Waals surface area contributed by atoms with Crippen LogP contribution >= 0.6 is 27.7 Å². The van der Waals surface area contributed by atoms with E-state index in [0.717, 1.165) is 0 Å². The minimum Gasteiger partial charge on any atom is -0.475 e. The van der Waals surface area contributed by atoms with Crippen molar-refractivity contribution in [1.82, 2.24) is 0 Å². The number of carboxylic acids is 1. The fraction of sp³-hybridized carbons (Fsp3) is 0.111. The predicted molar refractivity (Wildman–Crippen MR) is 57.9 cm³/mol. The molecule has 1 aromatic rings. The van der Waals surface area contributed by atoms with Crippen molar-refractivity contribution >= 4 is 39.4 Å². The summed E-state index contributed by atoms with van der Waals surface area (Å²) in [6.45, 7) is 0. The van der Waals surface area contributed by atoms with Gasteiger partial charge in [-0.2, -0.15) is 0 Å². The number of carbonyl (C=O) groups is 2. The number of carbonyl (C=O) groups excluding carboxylic acids is 1. The Morgan fingerprint density at radius 1 is 1.43 bits per heavy atom. The number of aliphatic carboxylic acids is 1. The monoisotopic (exact) mass is 274 g/mol. The number of benzene rings is 1. The van der Waals surface area contributed by atoms with Crippen LogP contribution in [0.5, 0.6) is 0 Å². The van der Waals surface area contributed by atoms with Crippen molar-refractivity contribution < 1.29 is 14.7 Å². The van der Waals surface area contributed by atoms with Gasteiger partial charge in [-0.25, -0.2) is 4.79 Å². The summed E-state index contributed by atoms with van der Waals surface area (Å²) in [5, 5.41) is 8.57. The number of halogens is 1. The molecule has 0 bridgehead atoms. The minimum atomic E-state index is -1.43. The van der Waals surface area contributed by atoms with Crippen LogP contribution < -0.4 is 0 Å². The topological polar surface area (TPSA) is 54.4 Å². The van der Waals surface area contributed by atoms with E-state index in [1.54, 1.807) is 18.4 Å². The number of hydrogen-bond acceptors (Lipinski definition) is 3. The van der Waals surface area contributed by atoms with Crippen molar-refractivity contribution in [1.29, 1.82) is 0 Å². The molecule has 1 aromatic carbocycles. The molecule has 74 valence electrons. The first-order chi connectivity index (χ1) is 6.56. The van der Waals surface area contributed by atoms with Gasteiger partial charge in [0.05, 0.1) is 0 Å². The van der Waals surface area contributed by atoms with Gasteiger partial charge in [0.1, 0.15) is 0 Å². The summed E-state index contributed by atoms with van der Waals surface area (Å²) in [4.78, 5) is 22.4. The second kappa shape index (κ2) is 4.61. The van der Waals surface area contributed by atoms with Crippen molar-refractivity contribution in [2.45, 2.75) is 4.90 Å². The third kappa shape index (κ3) is 2.36. The molecule has 0 saturated carbocycles. The van der Waals surface area contributed by atoms with Crippen LogP contribution in [-0.2, 0) is 4.79 Å². The van der Waals surface area contributed by atoms with Crippen molar-refractivity contribution in [2.75, 3.05) is 6.26 Å². The van der Waals surface area contributed by atoms with E-state index in [4.69, 9.17) is 5.11 Å². The molecule has 0 radical (unpaired) electrons. The molecule has 0 unspecified atom stereocenters. The van der Waals surface area contributed by atoms with Gasteiger partial charge in [0, 0.05) is 14.9 Å². The van der Waals surface area contributed by atoms with Crippen LogP contribution in [-0.4, -0.2) is 23.1 Å². The molecule has 0 saturated heterocycles. The standard InChI is InChI=1S/C9H7BrO3S/c1-14-7-3-2-5(10)4-6(7)8(11)9(12)13/h2-4H,1H3,(H,12,13). The molecular weight excluding hydrogens is 268 g/mol. The first-order valence-electron chi connectivity index (χ1n) is 3.67. The highest BCUT2D eigenvalue weighted by Crippen LogP contribution is 2.24. The molecule has 0 spiro atoms. The molecule has 0 aliphatic carbocycles. The van der Waals surface area contributed by atoms with E-state index >= 15 is 0 Å². The van der Waals surface area contributed by atoms with Crippen molar-refractivity contribution in [3.05, 3.63) is 28.2 Å². The summed E-state index contributed by atoms with van der Waals surface area (Å²) in [6, 6.07) is 5.00. The van der Waals surface area contributed by atoms with Crippen LogP contribution in [0.15, 0.2) is 27.6 Å². The lowest BCUT2D eigenvalue weighted by Gasteiger charge is -2.03. The van der Waals surface area contributed by atoms with E-state index in [9.17, 15) is 9.59 Å². The summed E-state index contributed by atoms with van der Waals surface area (Å²) in [6.07, 6.45) is 1.79. The van der Waals surface area contributed by atoms with Crippen LogP contribution in [0.1, 0.15) is 10.4 Å². The van der Waals surface area contributed by atoms with Crippen molar-refractivity contribution in [2.24, 2.45) is 0 Å². The third-order valence-corrected chi connectivity index (χ3v) is 2.89. The SMILES string of the molecule is CSc1ccc(Br)cc1C(=O)C(=O)O. The molecule has 0 heterocycles. The third-order valence-electron chi connectivity index (χ3n) is 1.60. The van der Waals surface area contributed by atoms with Gasteiger partial charge in [-0.05, 0) is 24.5 Å². The molecular formula is C9H7BrO3S. The zero-order valence-corrected chi connectivity index (χ0v) is 9.68. The number of carboxylic acid groups (broad SMARTS) is 1. The van der Waals surface area contributed by atoms with E-state index in [0.29, 0.717) is 9.37 Å². The molecule has 14 heavy (non-hydrogen) atoms. The minimum absolute atomic E-state index is 0.222. The smallest absolute Gasteiger partial charge is 0.377 e. The van der Waals surface area contributed by atoms with E-state index in [-0.39, 0.29) is 5.56 Å². The zero-order valence-electron chi connectivity index (χ0n) is 7.28. The second-order valence-electron chi connectivity index (χ2n) is 2.48. The fourth-order valence-corrected chi connectivity index (χ4v) is 1.91. The summed E-state index contributed by atoms with van der Waals surface area (Å²) >= 11 is 4.53. The molecule has 1 N–H and O–H groups in total. The highest BCUT2D eigenvalue weighted by atomic mass is 79.9. The summed E-state index contributed by atoms with van der Waals surface area (Å²) < 4.78 is 0.694. The molecule has 1 rings (SSSR count). The first-order valence-corrected chi connectivity index (χ1v) is 5.69. The van der Waals surface area contributed by atoms with Gasteiger partial charge in [-0.15, -0.1) is 11.8 Å². The van der Waals surface area contributed by atoms with Crippen molar-refractivity contribution in [3.63, 3.8) is 0 Å². The Bertz CT molecular complexity index is 390. The summed E-state index contributed by atoms with van der Waals surface area (Å²) in [7, 11) is 0. The molecule has 0 aromatic heterocycles. The van der Waals surface area contributed by atoms with E-state index < -0.39 is 11.8 Å². The molecule has 5 heteroatoms. The Balaban J connectivity index is 3.23. The Morgan fingerprint density at radius 2 is 2.07 bits per heavy atom. The lowest BCUT2D eigenvalue weighted by Crippen LogP contribution is -2.13. The van der Waals surface area contributed by atoms with Gasteiger partial charge in [0.15, 0.2) is 0 Å². The molecule has 0 aliphatic rings. The number of ketones is 1. The molecule has 0 fully saturated rings. The summed E-state index contributed by atoms with van der Waals surface area (Å²) in [5.41, 5.74) is 0.222. The van der Waals surface area contributed by atoms with Crippen LogP contribution in [0.4, 0.5) is 0 Å². The molecule has 0 amide bonds. The maximum atomic E-state index is 11.2. The fourth-order valence-electron chi connectivity index (χ4n) is 0.973. The summed E-state index contributed by atoms with van der Waals surface area (Å²) in [5.74, 6) is -2.31. The quantitative estimate of drug-likeness (QED) is 0.523. The maximum absolute atomic E-state index is 11.2. The van der Waals surface area contributed by atoms with Gasteiger partial charge in [0.2, 0.25) is 0 Å². The Kier molecular flexibility index (Phi) is 3.71.